The van der Waals surface area contributed by atoms with Gasteiger partial charge in [-0.3, -0.25) is 0 Å². The fraction of sp³-hybridized carbons (Fsp3) is 0.267. The van der Waals surface area contributed by atoms with Crippen molar-refractivity contribution in [2.75, 3.05) is 5.32 Å². The predicted octanol–water partition coefficient (Wildman–Crippen LogP) is 2.90. The van der Waals surface area contributed by atoms with E-state index in [2.05, 4.69) is 31.5 Å². The van der Waals surface area contributed by atoms with Crippen LogP contribution < -0.4 is 5.32 Å². The summed E-state index contributed by atoms with van der Waals surface area (Å²) in [6.07, 6.45) is 2.47. The number of rotatable bonds is 3. The Morgan fingerprint density at radius 3 is 2.80 bits per heavy atom. The minimum Gasteiger partial charge on any atom is -0.366 e. The fourth-order valence-corrected chi connectivity index (χ4v) is 2.30. The van der Waals surface area contributed by atoms with Gasteiger partial charge in [-0.1, -0.05) is 6.07 Å². The maximum atomic E-state index is 4.40. The van der Waals surface area contributed by atoms with E-state index < -0.39 is 0 Å². The molecule has 1 aliphatic rings. The van der Waals surface area contributed by atoms with Crippen LogP contribution in [0, 0.1) is 6.92 Å². The van der Waals surface area contributed by atoms with E-state index in [9.17, 15) is 0 Å². The molecule has 0 saturated heterocycles. The van der Waals surface area contributed by atoms with Crippen molar-refractivity contribution in [1.82, 2.24) is 20.2 Å². The van der Waals surface area contributed by atoms with E-state index >= 15 is 0 Å². The molecule has 0 radical (unpaired) electrons. The lowest BCUT2D eigenvalue weighted by molar-refractivity contribution is 1.00. The smallest absolute Gasteiger partial charge is 0.148 e. The van der Waals surface area contributed by atoms with Gasteiger partial charge in [-0.25, -0.2) is 4.98 Å². The Balaban J connectivity index is 1.66. The highest BCUT2D eigenvalue weighted by Crippen LogP contribution is 2.25. The van der Waals surface area contributed by atoms with E-state index in [4.69, 9.17) is 0 Å². The van der Waals surface area contributed by atoms with E-state index in [1.54, 1.807) is 0 Å². The SMILES string of the molecule is Cc1nc2ccc(-c3ccc(NC4CC4)nn3)cc2[nH]1. The van der Waals surface area contributed by atoms with Gasteiger partial charge in [-0.15, -0.1) is 10.2 Å². The molecule has 20 heavy (non-hydrogen) atoms. The third-order valence-corrected chi connectivity index (χ3v) is 3.49. The number of hydrogen-bond acceptors (Lipinski definition) is 4. The van der Waals surface area contributed by atoms with Crippen LogP contribution in [0.15, 0.2) is 30.3 Å². The standard InChI is InChI=1S/C15H15N5/c1-9-16-13-5-2-10(8-14(13)17-9)12-6-7-15(20-19-12)18-11-3-4-11/h2,5-8,11H,3-4H2,1H3,(H,16,17)(H,18,20). The molecular formula is C15H15N5. The van der Waals surface area contributed by atoms with Crippen LogP contribution in [-0.4, -0.2) is 26.2 Å². The summed E-state index contributed by atoms with van der Waals surface area (Å²) < 4.78 is 0. The molecule has 4 rings (SSSR count). The highest BCUT2D eigenvalue weighted by Gasteiger charge is 2.21. The summed E-state index contributed by atoms with van der Waals surface area (Å²) in [7, 11) is 0. The van der Waals surface area contributed by atoms with Crippen molar-refractivity contribution in [3.63, 3.8) is 0 Å². The summed E-state index contributed by atoms with van der Waals surface area (Å²) in [5.41, 5.74) is 3.93. The maximum absolute atomic E-state index is 4.40. The van der Waals surface area contributed by atoms with E-state index in [-0.39, 0.29) is 0 Å². The Kier molecular flexibility index (Phi) is 2.45. The lowest BCUT2D eigenvalue weighted by atomic mass is 10.1. The Hall–Kier alpha value is -2.43. The molecule has 0 amide bonds. The topological polar surface area (TPSA) is 66.5 Å². The van der Waals surface area contributed by atoms with Gasteiger partial charge < -0.3 is 10.3 Å². The maximum Gasteiger partial charge on any atom is 0.148 e. The van der Waals surface area contributed by atoms with Crippen LogP contribution in [0.3, 0.4) is 0 Å². The lowest BCUT2D eigenvalue weighted by Gasteiger charge is -2.04. The molecule has 5 heteroatoms. The first-order valence-corrected chi connectivity index (χ1v) is 6.85. The highest BCUT2D eigenvalue weighted by molar-refractivity contribution is 5.81. The zero-order valence-corrected chi connectivity index (χ0v) is 11.2. The zero-order valence-electron chi connectivity index (χ0n) is 11.2. The molecule has 2 N–H and O–H groups in total. The monoisotopic (exact) mass is 265 g/mol. The Bertz CT molecular complexity index is 756. The number of H-pyrrole nitrogens is 1. The van der Waals surface area contributed by atoms with E-state index in [0.717, 1.165) is 33.9 Å². The van der Waals surface area contributed by atoms with Crippen LogP contribution in [0.4, 0.5) is 5.82 Å². The van der Waals surface area contributed by atoms with Gasteiger partial charge in [-0.2, -0.15) is 0 Å². The van der Waals surface area contributed by atoms with Gasteiger partial charge in [0.1, 0.15) is 11.6 Å². The number of aromatic nitrogens is 4. The molecule has 1 aromatic carbocycles. The van der Waals surface area contributed by atoms with Gasteiger partial charge >= 0.3 is 0 Å². The Morgan fingerprint density at radius 2 is 2.05 bits per heavy atom. The number of imidazole rings is 1. The number of aromatic amines is 1. The quantitative estimate of drug-likeness (QED) is 0.764. The molecule has 2 aromatic heterocycles. The second-order valence-corrected chi connectivity index (χ2v) is 5.28. The molecule has 1 saturated carbocycles. The summed E-state index contributed by atoms with van der Waals surface area (Å²) in [5.74, 6) is 1.78. The minimum atomic E-state index is 0.597. The molecule has 0 spiro atoms. The summed E-state index contributed by atoms with van der Waals surface area (Å²) in [4.78, 5) is 7.64. The van der Waals surface area contributed by atoms with Crippen molar-refractivity contribution in [1.29, 1.82) is 0 Å². The van der Waals surface area contributed by atoms with Crippen molar-refractivity contribution in [3.8, 4) is 11.3 Å². The first-order valence-electron chi connectivity index (χ1n) is 6.85. The van der Waals surface area contributed by atoms with E-state index in [1.165, 1.54) is 12.8 Å². The zero-order chi connectivity index (χ0) is 13.5. The normalized spacial score (nSPS) is 14.7. The molecule has 1 aliphatic carbocycles. The first kappa shape index (κ1) is 11.4. The van der Waals surface area contributed by atoms with Crippen molar-refractivity contribution in [2.45, 2.75) is 25.8 Å². The first-order chi connectivity index (χ1) is 9.78. The number of nitrogens with one attached hydrogen (secondary N) is 2. The summed E-state index contributed by atoms with van der Waals surface area (Å²) in [6.45, 7) is 1.96. The molecule has 0 atom stereocenters. The molecule has 5 nitrogen and oxygen atoms in total. The number of hydrogen-bond donors (Lipinski definition) is 2. The van der Waals surface area contributed by atoms with Gasteiger partial charge in [-0.05, 0) is 44.0 Å². The van der Waals surface area contributed by atoms with Gasteiger partial charge in [0, 0.05) is 11.6 Å². The van der Waals surface area contributed by atoms with Gasteiger partial charge in [0.2, 0.25) is 0 Å². The minimum absolute atomic E-state index is 0.597. The van der Waals surface area contributed by atoms with Crippen LogP contribution in [0.5, 0.6) is 0 Å². The van der Waals surface area contributed by atoms with Crippen molar-refractivity contribution < 1.29 is 0 Å². The summed E-state index contributed by atoms with van der Waals surface area (Å²) >= 11 is 0. The van der Waals surface area contributed by atoms with E-state index in [0.29, 0.717) is 6.04 Å². The van der Waals surface area contributed by atoms with Crippen molar-refractivity contribution >= 4 is 16.9 Å². The number of aryl methyl sites for hydroxylation is 1. The molecule has 100 valence electrons. The second kappa shape index (κ2) is 4.30. The molecule has 0 aliphatic heterocycles. The van der Waals surface area contributed by atoms with Crippen LogP contribution >= 0.6 is 0 Å². The van der Waals surface area contributed by atoms with Crippen LogP contribution in [0.25, 0.3) is 22.3 Å². The van der Waals surface area contributed by atoms with Crippen LogP contribution in [-0.2, 0) is 0 Å². The predicted molar refractivity (Wildman–Crippen MR) is 78.5 cm³/mol. The number of anilines is 1. The molecule has 2 heterocycles. The average Bonchev–Trinajstić information content (AvgIpc) is 3.18. The molecule has 1 fully saturated rings. The fourth-order valence-electron chi connectivity index (χ4n) is 2.30. The van der Waals surface area contributed by atoms with Crippen LogP contribution in [0.1, 0.15) is 18.7 Å². The van der Waals surface area contributed by atoms with Gasteiger partial charge in [0.15, 0.2) is 0 Å². The number of fused-ring (bicyclic) bond motifs is 1. The van der Waals surface area contributed by atoms with E-state index in [1.807, 2.05) is 31.2 Å². The van der Waals surface area contributed by atoms with Crippen molar-refractivity contribution in [2.24, 2.45) is 0 Å². The Morgan fingerprint density at radius 1 is 1.15 bits per heavy atom. The van der Waals surface area contributed by atoms with Gasteiger partial charge in [0.05, 0.1) is 16.7 Å². The molecule has 0 bridgehead atoms. The summed E-state index contributed by atoms with van der Waals surface area (Å²) in [6, 6.07) is 10.7. The number of benzene rings is 1. The Labute approximate surface area is 116 Å². The second-order valence-electron chi connectivity index (χ2n) is 5.28. The lowest BCUT2D eigenvalue weighted by Crippen LogP contribution is -2.03. The molecule has 3 aromatic rings. The third-order valence-electron chi connectivity index (χ3n) is 3.49. The van der Waals surface area contributed by atoms with Crippen molar-refractivity contribution in [3.05, 3.63) is 36.2 Å². The number of nitrogens with zero attached hydrogens (tertiary/aromatic N) is 3. The highest BCUT2D eigenvalue weighted by atomic mass is 15.2. The molecule has 0 unspecified atom stereocenters. The average molecular weight is 265 g/mol. The molecular weight excluding hydrogens is 250 g/mol. The summed E-state index contributed by atoms with van der Waals surface area (Å²) in [5, 5.41) is 11.9. The largest absolute Gasteiger partial charge is 0.366 e. The third kappa shape index (κ3) is 2.11. The van der Waals surface area contributed by atoms with Crippen LogP contribution in [0.2, 0.25) is 0 Å². The van der Waals surface area contributed by atoms with Gasteiger partial charge in [0.25, 0.3) is 0 Å².